The van der Waals surface area contributed by atoms with E-state index in [0.29, 0.717) is 0 Å². The van der Waals surface area contributed by atoms with Crippen LogP contribution >= 0.6 is 0 Å². The lowest BCUT2D eigenvalue weighted by molar-refractivity contribution is -0.136. The Morgan fingerprint density at radius 1 is 0.793 bits per heavy atom. The molecule has 0 spiro atoms. The van der Waals surface area contributed by atoms with Crippen LogP contribution in [0.15, 0.2) is 30.6 Å². The number of aliphatic carboxylic acids is 1. The normalized spacial score (nSPS) is 10.6. The summed E-state index contributed by atoms with van der Waals surface area (Å²) in [4.78, 5) is 33.9. The molecule has 0 bridgehead atoms. The second-order valence-corrected chi connectivity index (χ2v) is 5.90. The fourth-order valence-electron chi connectivity index (χ4n) is 2.65. The number of benzene rings is 2. The second-order valence-electron chi connectivity index (χ2n) is 5.90. The number of rotatable bonds is 5. The van der Waals surface area contributed by atoms with Crippen molar-refractivity contribution < 1.29 is 40.2 Å². The van der Waals surface area contributed by atoms with Crippen LogP contribution in [0, 0.1) is 0 Å². The molecule has 0 atom stereocenters. The number of phenols is 4. The molecular weight excluding hydrogens is 386 g/mol. The van der Waals surface area contributed by atoms with Crippen LogP contribution in [0.3, 0.4) is 0 Å². The number of carboxylic acid groups (broad SMARTS) is 2. The highest BCUT2D eigenvalue weighted by molar-refractivity contribution is 5.94. The fraction of sp³-hybridized carbons (Fsp3) is 0.0556. The minimum atomic E-state index is -1.49. The zero-order chi connectivity index (χ0) is 21.3. The van der Waals surface area contributed by atoms with Gasteiger partial charge in [0.05, 0.1) is 17.5 Å². The summed E-state index contributed by atoms with van der Waals surface area (Å²) in [6, 6.07) is 4.07. The minimum absolute atomic E-state index is 0.0807. The van der Waals surface area contributed by atoms with Crippen LogP contribution < -0.4 is 0 Å². The molecule has 0 aliphatic carbocycles. The summed E-state index contributed by atoms with van der Waals surface area (Å²) < 4.78 is 0. The Hall–Kier alpha value is -4.41. The van der Waals surface area contributed by atoms with Crippen LogP contribution in [-0.4, -0.2) is 57.5 Å². The predicted molar refractivity (Wildman–Crippen MR) is 95.7 cm³/mol. The summed E-state index contributed by atoms with van der Waals surface area (Å²) in [5, 5.41) is 58.2. The number of carbonyl (C=O) groups is 2. The third-order valence-electron chi connectivity index (χ3n) is 3.89. The zero-order valence-corrected chi connectivity index (χ0v) is 14.4. The molecule has 1 heterocycles. The van der Waals surface area contributed by atoms with E-state index in [9.17, 15) is 30.0 Å². The smallest absolute Gasteiger partial charge is 0.339 e. The Bertz CT molecular complexity index is 1150. The first-order chi connectivity index (χ1) is 13.7. The summed E-state index contributed by atoms with van der Waals surface area (Å²) in [5.74, 6) is -5.11. The molecule has 29 heavy (non-hydrogen) atoms. The minimum Gasteiger partial charge on any atom is -0.508 e. The van der Waals surface area contributed by atoms with Crippen molar-refractivity contribution >= 4 is 11.9 Å². The molecule has 0 saturated heterocycles. The maximum Gasteiger partial charge on any atom is 0.339 e. The van der Waals surface area contributed by atoms with Gasteiger partial charge in [-0.15, -0.1) is 0 Å². The largest absolute Gasteiger partial charge is 0.508 e. The van der Waals surface area contributed by atoms with Crippen LogP contribution in [0.1, 0.15) is 15.9 Å². The van der Waals surface area contributed by atoms with Crippen LogP contribution in [0.4, 0.5) is 0 Å². The Kier molecular flexibility index (Phi) is 4.88. The average Bonchev–Trinajstić information content (AvgIpc) is 2.65. The quantitative estimate of drug-likeness (QED) is 0.339. The highest BCUT2D eigenvalue weighted by Gasteiger charge is 2.21. The first-order valence-electron chi connectivity index (χ1n) is 7.93. The van der Waals surface area contributed by atoms with E-state index in [1.165, 1.54) is 0 Å². The van der Waals surface area contributed by atoms with Crippen molar-refractivity contribution in [3.63, 3.8) is 0 Å². The van der Waals surface area contributed by atoms with Gasteiger partial charge in [-0.2, -0.15) is 0 Å². The van der Waals surface area contributed by atoms with Crippen molar-refractivity contribution in [3.8, 4) is 45.8 Å². The van der Waals surface area contributed by atoms with Crippen LogP contribution in [0.25, 0.3) is 22.8 Å². The number of aromatic nitrogens is 3. The molecule has 0 fully saturated rings. The van der Waals surface area contributed by atoms with Crippen molar-refractivity contribution in [2.45, 2.75) is 6.42 Å². The van der Waals surface area contributed by atoms with Gasteiger partial charge in [-0.3, -0.25) is 4.79 Å². The lowest BCUT2D eigenvalue weighted by Gasteiger charge is -2.11. The number of hydrogen-bond donors (Lipinski definition) is 6. The number of hydrogen-bond acceptors (Lipinski definition) is 9. The Morgan fingerprint density at radius 3 is 1.90 bits per heavy atom. The molecular formula is C18H13N3O8. The summed E-state index contributed by atoms with van der Waals surface area (Å²) in [6.07, 6.45) is 0.433. The maximum atomic E-state index is 11.2. The van der Waals surface area contributed by atoms with Gasteiger partial charge in [0.15, 0.2) is 11.6 Å². The number of aromatic hydroxyl groups is 4. The van der Waals surface area contributed by atoms with Crippen molar-refractivity contribution in [3.05, 3.63) is 41.7 Å². The van der Waals surface area contributed by atoms with Gasteiger partial charge < -0.3 is 30.6 Å². The molecule has 148 valence electrons. The van der Waals surface area contributed by atoms with E-state index in [-0.39, 0.29) is 34.1 Å². The molecule has 0 unspecified atom stereocenters. The maximum absolute atomic E-state index is 11.2. The zero-order valence-electron chi connectivity index (χ0n) is 14.4. The number of aromatic carboxylic acids is 1. The number of carboxylic acids is 2. The van der Waals surface area contributed by atoms with E-state index >= 15 is 0 Å². The molecule has 0 aliphatic heterocycles. The van der Waals surface area contributed by atoms with E-state index in [4.69, 9.17) is 10.2 Å². The monoisotopic (exact) mass is 399 g/mol. The van der Waals surface area contributed by atoms with E-state index in [1.54, 1.807) is 0 Å². The lowest BCUT2D eigenvalue weighted by Crippen LogP contribution is -2.02. The summed E-state index contributed by atoms with van der Waals surface area (Å²) in [7, 11) is 0. The van der Waals surface area contributed by atoms with E-state index in [2.05, 4.69) is 15.0 Å². The molecule has 0 radical (unpaired) electrons. The Morgan fingerprint density at radius 2 is 1.34 bits per heavy atom. The van der Waals surface area contributed by atoms with Gasteiger partial charge in [0.2, 0.25) is 0 Å². The Labute approximate surface area is 161 Å². The molecule has 1 aromatic heterocycles. The standard InChI is InChI=1S/C18H13N3O8/c22-8-1-7(2-13(24)25)14(26)10(3-8)16-19-6-20-17(21-16)11-4-9(23)5-12(15(11)27)18(28)29/h1,3-6,22-23,26-27H,2H2,(H,24,25)(H,28,29). The lowest BCUT2D eigenvalue weighted by atomic mass is 10.0. The van der Waals surface area contributed by atoms with E-state index in [0.717, 1.165) is 30.6 Å². The summed E-state index contributed by atoms with van der Waals surface area (Å²) in [6.45, 7) is 0. The Balaban J connectivity index is 2.17. The molecule has 0 amide bonds. The highest BCUT2D eigenvalue weighted by Crippen LogP contribution is 2.37. The molecule has 0 saturated carbocycles. The van der Waals surface area contributed by atoms with Gasteiger partial charge in [-0.25, -0.2) is 19.7 Å². The molecule has 6 N–H and O–H groups in total. The van der Waals surface area contributed by atoms with Crippen LogP contribution in [0.2, 0.25) is 0 Å². The average molecular weight is 399 g/mol. The molecule has 11 heteroatoms. The molecule has 3 aromatic rings. The molecule has 2 aromatic carbocycles. The number of phenolic OH excluding ortho intramolecular Hbond substituents is 3. The van der Waals surface area contributed by atoms with Crippen molar-refractivity contribution in [2.75, 3.05) is 0 Å². The van der Waals surface area contributed by atoms with Gasteiger partial charge in [0, 0.05) is 5.56 Å². The summed E-state index contributed by atoms with van der Waals surface area (Å²) in [5.41, 5.74) is -0.979. The second kappa shape index (κ2) is 7.31. The van der Waals surface area contributed by atoms with Crippen molar-refractivity contribution in [2.24, 2.45) is 0 Å². The topological polar surface area (TPSA) is 194 Å². The van der Waals surface area contributed by atoms with Gasteiger partial charge in [0.1, 0.15) is 34.9 Å². The molecule has 0 aliphatic rings. The molecule has 3 rings (SSSR count). The van der Waals surface area contributed by atoms with Gasteiger partial charge >= 0.3 is 11.9 Å². The van der Waals surface area contributed by atoms with E-state index in [1.807, 2.05) is 0 Å². The van der Waals surface area contributed by atoms with Crippen molar-refractivity contribution in [1.82, 2.24) is 15.0 Å². The number of nitrogens with zero attached hydrogens (tertiary/aromatic N) is 3. The first kappa shape index (κ1) is 19.4. The SMILES string of the molecule is O=C(O)Cc1cc(O)cc(-c2ncnc(-c3cc(O)cc(C(=O)O)c3O)n2)c1O. The van der Waals surface area contributed by atoms with Gasteiger partial charge in [-0.05, 0) is 24.3 Å². The summed E-state index contributed by atoms with van der Waals surface area (Å²) >= 11 is 0. The predicted octanol–water partition coefficient (Wildman–Crippen LogP) is 1.35. The van der Waals surface area contributed by atoms with Gasteiger partial charge in [-0.1, -0.05) is 0 Å². The fourth-order valence-corrected chi connectivity index (χ4v) is 2.65. The third kappa shape index (κ3) is 3.83. The third-order valence-corrected chi connectivity index (χ3v) is 3.89. The first-order valence-corrected chi connectivity index (χ1v) is 7.93. The highest BCUT2D eigenvalue weighted by atomic mass is 16.4. The van der Waals surface area contributed by atoms with E-state index < -0.39 is 41.2 Å². The van der Waals surface area contributed by atoms with Gasteiger partial charge in [0.25, 0.3) is 0 Å². The molecule has 11 nitrogen and oxygen atoms in total. The van der Waals surface area contributed by atoms with Crippen LogP contribution in [-0.2, 0) is 11.2 Å². The van der Waals surface area contributed by atoms with Crippen LogP contribution in [0.5, 0.6) is 23.0 Å². The van der Waals surface area contributed by atoms with Crippen molar-refractivity contribution in [1.29, 1.82) is 0 Å².